The quantitative estimate of drug-likeness (QED) is 0.836. The molecule has 0 radical (unpaired) electrons. The fourth-order valence-corrected chi connectivity index (χ4v) is 3.03. The lowest BCUT2D eigenvalue weighted by molar-refractivity contribution is -0.120. The van der Waals surface area contributed by atoms with Gasteiger partial charge in [0.2, 0.25) is 5.91 Å². The minimum Gasteiger partial charge on any atom is -0.302 e. The minimum absolute atomic E-state index is 0.0957. The number of fused-ring (bicyclic) bond motifs is 1. The van der Waals surface area contributed by atoms with Gasteiger partial charge in [0.1, 0.15) is 0 Å². The second-order valence-corrected chi connectivity index (χ2v) is 5.49. The topological polar surface area (TPSA) is 42.0 Å². The van der Waals surface area contributed by atoms with Crippen LogP contribution in [0.5, 0.6) is 0 Å². The molecule has 0 bridgehead atoms. The largest absolute Gasteiger partial charge is 0.302 e. The van der Waals surface area contributed by atoms with E-state index in [0.29, 0.717) is 5.13 Å². The first kappa shape index (κ1) is 11.4. The van der Waals surface area contributed by atoms with Crippen molar-refractivity contribution in [3.63, 3.8) is 0 Å². The molecule has 4 heteroatoms. The Labute approximate surface area is 110 Å². The van der Waals surface area contributed by atoms with Crippen LogP contribution in [0, 0.1) is 5.92 Å². The predicted molar refractivity (Wildman–Crippen MR) is 74.7 cm³/mol. The number of allylic oxidation sites excluding steroid dienone is 2. The van der Waals surface area contributed by atoms with Crippen molar-refractivity contribution in [3.05, 3.63) is 36.4 Å². The summed E-state index contributed by atoms with van der Waals surface area (Å²) in [7, 11) is 0. The van der Waals surface area contributed by atoms with Crippen molar-refractivity contribution < 1.29 is 4.79 Å². The van der Waals surface area contributed by atoms with Crippen LogP contribution in [0.4, 0.5) is 5.13 Å². The average molecular weight is 258 g/mol. The number of amides is 1. The highest BCUT2D eigenvalue weighted by Gasteiger charge is 2.19. The molecule has 3 nitrogen and oxygen atoms in total. The first-order valence-corrected chi connectivity index (χ1v) is 6.96. The molecule has 0 saturated carbocycles. The summed E-state index contributed by atoms with van der Waals surface area (Å²) >= 11 is 1.53. The van der Waals surface area contributed by atoms with Gasteiger partial charge in [-0.05, 0) is 31.4 Å². The van der Waals surface area contributed by atoms with Gasteiger partial charge in [0.05, 0.1) is 10.2 Å². The Kier molecular flexibility index (Phi) is 3.11. The van der Waals surface area contributed by atoms with Gasteiger partial charge in [-0.15, -0.1) is 0 Å². The number of carbonyl (C=O) groups is 1. The van der Waals surface area contributed by atoms with E-state index in [-0.39, 0.29) is 11.8 Å². The Morgan fingerprint density at radius 2 is 2.22 bits per heavy atom. The monoisotopic (exact) mass is 258 g/mol. The van der Waals surface area contributed by atoms with Gasteiger partial charge < -0.3 is 5.32 Å². The van der Waals surface area contributed by atoms with Gasteiger partial charge in [0, 0.05) is 5.92 Å². The highest BCUT2D eigenvalue weighted by molar-refractivity contribution is 7.22. The van der Waals surface area contributed by atoms with E-state index >= 15 is 0 Å². The van der Waals surface area contributed by atoms with Gasteiger partial charge in [-0.25, -0.2) is 4.98 Å². The van der Waals surface area contributed by atoms with Gasteiger partial charge in [-0.1, -0.05) is 35.6 Å². The third-order valence-corrected chi connectivity index (χ3v) is 4.12. The molecule has 1 atom stereocenters. The Balaban J connectivity index is 1.75. The van der Waals surface area contributed by atoms with E-state index in [2.05, 4.69) is 22.5 Å². The maximum absolute atomic E-state index is 12.1. The van der Waals surface area contributed by atoms with Crippen molar-refractivity contribution in [1.82, 2.24) is 4.98 Å². The average Bonchev–Trinajstić information content (AvgIpc) is 2.82. The summed E-state index contributed by atoms with van der Waals surface area (Å²) in [5.74, 6) is 0.195. The Morgan fingerprint density at radius 3 is 3.00 bits per heavy atom. The molecule has 0 saturated heterocycles. The highest BCUT2D eigenvalue weighted by atomic mass is 32.1. The van der Waals surface area contributed by atoms with Crippen LogP contribution in [0.2, 0.25) is 0 Å². The van der Waals surface area contributed by atoms with Crippen molar-refractivity contribution in [1.29, 1.82) is 0 Å². The van der Waals surface area contributed by atoms with Crippen LogP contribution in [-0.4, -0.2) is 10.9 Å². The van der Waals surface area contributed by atoms with Crippen LogP contribution >= 0.6 is 11.3 Å². The van der Waals surface area contributed by atoms with E-state index in [4.69, 9.17) is 0 Å². The van der Waals surface area contributed by atoms with E-state index in [1.807, 2.05) is 24.3 Å². The molecule has 2 aromatic rings. The number of rotatable bonds is 2. The predicted octanol–water partition coefficient (Wildman–Crippen LogP) is 3.59. The summed E-state index contributed by atoms with van der Waals surface area (Å²) in [6.07, 6.45) is 7.01. The third kappa shape index (κ3) is 2.29. The molecule has 3 rings (SSSR count). The number of nitrogens with zero attached hydrogens (tertiary/aromatic N) is 1. The molecule has 0 fully saturated rings. The molecule has 1 aromatic heterocycles. The molecule has 18 heavy (non-hydrogen) atoms. The lowest BCUT2D eigenvalue weighted by atomic mass is 9.94. The Hall–Kier alpha value is -1.68. The number of nitrogens with one attached hydrogen (secondary N) is 1. The lowest BCUT2D eigenvalue weighted by Crippen LogP contribution is -2.23. The van der Waals surface area contributed by atoms with Crippen LogP contribution in [0.1, 0.15) is 19.3 Å². The van der Waals surface area contributed by atoms with Crippen LogP contribution in [0.3, 0.4) is 0 Å². The van der Waals surface area contributed by atoms with Crippen molar-refractivity contribution in [2.24, 2.45) is 5.92 Å². The molecule has 0 aliphatic heterocycles. The Bertz CT molecular complexity index is 570. The molecule has 1 heterocycles. The molecule has 1 amide bonds. The minimum atomic E-state index is 0.0957. The zero-order valence-corrected chi connectivity index (χ0v) is 10.7. The zero-order chi connectivity index (χ0) is 12.4. The van der Waals surface area contributed by atoms with Crippen molar-refractivity contribution in [3.8, 4) is 0 Å². The van der Waals surface area contributed by atoms with Crippen molar-refractivity contribution in [2.45, 2.75) is 19.3 Å². The van der Waals surface area contributed by atoms with Crippen molar-refractivity contribution in [2.75, 3.05) is 5.32 Å². The zero-order valence-electron chi connectivity index (χ0n) is 9.93. The van der Waals surface area contributed by atoms with Crippen LogP contribution in [-0.2, 0) is 4.79 Å². The summed E-state index contributed by atoms with van der Waals surface area (Å²) in [5.41, 5.74) is 0.946. The number of carbonyl (C=O) groups excluding carboxylic acids is 1. The summed E-state index contributed by atoms with van der Waals surface area (Å²) in [5, 5.41) is 3.64. The summed E-state index contributed by atoms with van der Waals surface area (Å²) in [6, 6.07) is 7.93. The molecule has 1 N–H and O–H groups in total. The number of aromatic nitrogens is 1. The highest BCUT2D eigenvalue weighted by Crippen LogP contribution is 2.27. The van der Waals surface area contributed by atoms with Gasteiger partial charge in [0.15, 0.2) is 5.13 Å². The van der Waals surface area contributed by atoms with E-state index in [0.717, 1.165) is 29.5 Å². The molecule has 1 aliphatic rings. The Morgan fingerprint density at radius 1 is 1.33 bits per heavy atom. The van der Waals surface area contributed by atoms with E-state index in [1.165, 1.54) is 11.3 Å². The number of para-hydroxylation sites is 1. The van der Waals surface area contributed by atoms with Gasteiger partial charge in [-0.3, -0.25) is 4.79 Å². The molecule has 0 unspecified atom stereocenters. The number of benzene rings is 1. The third-order valence-electron chi connectivity index (χ3n) is 3.16. The van der Waals surface area contributed by atoms with Crippen LogP contribution < -0.4 is 5.32 Å². The number of anilines is 1. The molecular weight excluding hydrogens is 244 g/mol. The molecule has 0 spiro atoms. The molecule has 1 aromatic carbocycles. The SMILES string of the molecule is O=C(Nc1nc2ccccc2s1)[C@@H]1CC=CCC1. The normalized spacial score (nSPS) is 19.0. The summed E-state index contributed by atoms with van der Waals surface area (Å²) in [6.45, 7) is 0. The smallest absolute Gasteiger partial charge is 0.229 e. The first-order chi connectivity index (χ1) is 8.83. The van der Waals surface area contributed by atoms with E-state index in [9.17, 15) is 4.79 Å². The second-order valence-electron chi connectivity index (χ2n) is 4.46. The second kappa shape index (κ2) is 4.90. The van der Waals surface area contributed by atoms with E-state index < -0.39 is 0 Å². The molecule has 92 valence electrons. The first-order valence-electron chi connectivity index (χ1n) is 6.14. The van der Waals surface area contributed by atoms with Crippen LogP contribution in [0.15, 0.2) is 36.4 Å². The number of thiazole rings is 1. The van der Waals surface area contributed by atoms with Gasteiger partial charge >= 0.3 is 0 Å². The molecule has 1 aliphatic carbocycles. The maximum Gasteiger partial charge on any atom is 0.229 e. The van der Waals surface area contributed by atoms with E-state index in [1.54, 1.807) is 0 Å². The number of hydrogen-bond donors (Lipinski definition) is 1. The molecular formula is C14H14N2OS. The maximum atomic E-state index is 12.1. The van der Waals surface area contributed by atoms with Gasteiger partial charge in [0.25, 0.3) is 0 Å². The number of hydrogen-bond acceptors (Lipinski definition) is 3. The fourth-order valence-electron chi connectivity index (χ4n) is 2.16. The summed E-state index contributed by atoms with van der Waals surface area (Å²) in [4.78, 5) is 16.5. The standard InChI is InChI=1S/C14H14N2OS/c17-13(10-6-2-1-3-7-10)16-14-15-11-8-4-5-9-12(11)18-14/h1-2,4-5,8-10H,3,6-7H2,(H,15,16,17)/t10-/m1/s1. The van der Waals surface area contributed by atoms with Gasteiger partial charge in [-0.2, -0.15) is 0 Å². The van der Waals surface area contributed by atoms with Crippen LogP contribution in [0.25, 0.3) is 10.2 Å². The lowest BCUT2D eigenvalue weighted by Gasteiger charge is -2.15. The summed E-state index contributed by atoms with van der Waals surface area (Å²) < 4.78 is 1.11. The van der Waals surface area contributed by atoms with Crippen molar-refractivity contribution >= 4 is 32.6 Å². The fraction of sp³-hybridized carbons (Fsp3) is 0.286.